The van der Waals surface area contributed by atoms with Gasteiger partial charge in [0, 0.05) is 18.8 Å². The molecule has 4 nitrogen and oxygen atoms in total. The fourth-order valence-corrected chi connectivity index (χ4v) is 2.91. The number of carbonyl (C=O) groups is 2. The first-order valence-electron chi connectivity index (χ1n) is 8.14. The predicted octanol–water partition coefficient (Wildman–Crippen LogP) is 3.62. The van der Waals surface area contributed by atoms with E-state index in [0.29, 0.717) is 13.1 Å². The standard InChI is InChI=1S/C19H17F3N2O2/c20-19(21,22)15-5-7-16(8-6-15)23-17(25)11-18(26)24-10-9-13-3-1-2-4-14(13)12-24/h1-8H,9-12H2,(H,23,25). The number of anilines is 1. The van der Waals surface area contributed by atoms with E-state index >= 15 is 0 Å². The molecule has 1 N–H and O–H groups in total. The molecule has 0 fully saturated rings. The van der Waals surface area contributed by atoms with E-state index in [2.05, 4.69) is 5.32 Å². The average molecular weight is 362 g/mol. The minimum atomic E-state index is -4.43. The number of alkyl halides is 3. The molecule has 0 saturated carbocycles. The lowest BCUT2D eigenvalue weighted by atomic mass is 10.00. The summed E-state index contributed by atoms with van der Waals surface area (Å²) in [5, 5.41) is 2.46. The number of carbonyl (C=O) groups excluding carboxylic acids is 2. The van der Waals surface area contributed by atoms with E-state index in [1.54, 1.807) is 4.90 Å². The van der Waals surface area contributed by atoms with Crippen molar-refractivity contribution in [1.29, 1.82) is 0 Å². The normalized spacial score (nSPS) is 13.9. The van der Waals surface area contributed by atoms with Gasteiger partial charge in [-0.3, -0.25) is 9.59 Å². The molecule has 2 amide bonds. The largest absolute Gasteiger partial charge is 0.416 e. The first-order valence-corrected chi connectivity index (χ1v) is 8.14. The third-order valence-corrected chi connectivity index (χ3v) is 4.29. The maximum Gasteiger partial charge on any atom is 0.416 e. The lowest BCUT2D eigenvalue weighted by molar-refractivity contribution is -0.137. The van der Waals surface area contributed by atoms with E-state index in [0.717, 1.165) is 24.1 Å². The summed E-state index contributed by atoms with van der Waals surface area (Å²) in [4.78, 5) is 25.9. The summed E-state index contributed by atoms with van der Waals surface area (Å²) >= 11 is 0. The highest BCUT2D eigenvalue weighted by molar-refractivity contribution is 6.03. The molecule has 0 saturated heterocycles. The third kappa shape index (κ3) is 4.22. The van der Waals surface area contributed by atoms with Gasteiger partial charge < -0.3 is 10.2 Å². The lowest BCUT2D eigenvalue weighted by Crippen LogP contribution is -2.37. The van der Waals surface area contributed by atoms with Gasteiger partial charge in [0.1, 0.15) is 6.42 Å². The highest BCUT2D eigenvalue weighted by atomic mass is 19.4. The van der Waals surface area contributed by atoms with Gasteiger partial charge in [0.15, 0.2) is 0 Å². The van der Waals surface area contributed by atoms with Gasteiger partial charge in [-0.2, -0.15) is 13.2 Å². The highest BCUT2D eigenvalue weighted by Gasteiger charge is 2.30. The summed E-state index contributed by atoms with van der Waals surface area (Å²) in [6.45, 7) is 1.01. The second-order valence-corrected chi connectivity index (χ2v) is 6.13. The Morgan fingerprint density at radius 3 is 2.31 bits per heavy atom. The van der Waals surface area contributed by atoms with Crippen molar-refractivity contribution in [3.8, 4) is 0 Å². The van der Waals surface area contributed by atoms with Crippen LogP contribution in [0, 0.1) is 0 Å². The molecule has 1 aliphatic rings. The molecule has 0 aliphatic carbocycles. The van der Waals surface area contributed by atoms with Crippen LogP contribution in [0.15, 0.2) is 48.5 Å². The van der Waals surface area contributed by atoms with Crippen LogP contribution in [0.3, 0.4) is 0 Å². The van der Waals surface area contributed by atoms with Gasteiger partial charge in [0.25, 0.3) is 0 Å². The minimum Gasteiger partial charge on any atom is -0.338 e. The number of benzene rings is 2. The lowest BCUT2D eigenvalue weighted by Gasteiger charge is -2.28. The quantitative estimate of drug-likeness (QED) is 0.848. The minimum absolute atomic E-state index is 0.222. The Hall–Kier alpha value is -2.83. The monoisotopic (exact) mass is 362 g/mol. The Labute approximate surface area is 148 Å². The van der Waals surface area contributed by atoms with Crippen molar-refractivity contribution in [2.45, 2.75) is 25.6 Å². The molecule has 2 aromatic carbocycles. The topological polar surface area (TPSA) is 49.4 Å². The SMILES string of the molecule is O=C(CC(=O)N1CCc2ccccc2C1)Nc1ccc(C(F)(F)F)cc1. The number of hydrogen-bond acceptors (Lipinski definition) is 2. The molecule has 7 heteroatoms. The Morgan fingerprint density at radius 1 is 1.00 bits per heavy atom. The molecule has 0 bridgehead atoms. The van der Waals surface area contributed by atoms with Crippen LogP contribution >= 0.6 is 0 Å². The van der Waals surface area contributed by atoms with E-state index in [-0.39, 0.29) is 18.0 Å². The fraction of sp³-hybridized carbons (Fsp3) is 0.263. The maximum atomic E-state index is 12.5. The van der Waals surface area contributed by atoms with Gasteiger partial charge in [-0.15, -0.1) is 0 Å². The Bertz CT molecular complexity index is 816. The second-order valence-electron chi connectivity index (χ2n) is 6.13. The number of nitrogens with one attached hydrogen (secondary N) is 1. The Morgan fingerprint density at radius 2 is 1.65 bits per heavy atom. The number of amides is 2. The number of rotatable bonds is 3. The van der Waals surface area contributed by atoms with Crippen molar-refractivity contribution in [3.63, 3.8) is 0 Å². The summed E-state index contributed by atoms with van der Waals surface area (Å²) in [5.41, 5.74) is 1.69. The molecule has 0 aromatic heterocycles. The summed E-state index contributed by atoms with van der Waals surface area (Å²) in [6.07, 6.45) is -4.03. The van der Waals surface area contributed by atoms with Gasteiger partial charge in [-0.25, -0.2) is 0 Å². The smallest absolute Gasteiger partial charge is 0.338 e. The summed E-state index contributed by atoms with van der Waals surface area (Å²) < 4.78 is 37.6. The molecule has 1 aliphatic heterocycles. The van der Waals surface area contributed by atoms with Crippen LogP contribution in [0.25, 0.3) is 0 Å². The molecule has 0 atom stereocenters. The van der Waals surface area contributed by atoms with Gasteiger partial charge in [-0.05, 0) is 41.8 Å². The zero-order chi connectivity index (χ0) is 18.7. The Kier molecular flexibility index (Phi) is 4.97. The second kappa shape index (κ2) is 7.19. The number of hydrogen-bond donors (Lipinski definition) is 1. The van der Waals surface area contributed by atoms with E-state index in [4.69, 9.17) is 0 Å². The van der Waals surface area contributed by atoms with E-state index in [9.17, 15) is 22.8 Å². The van der Waals surface area contributed by atoms with Crippen molar-refractivity contribution >= 4 is 17.5 Å². The predicted molar refractivity (Wildman–Crippen MR) is 90.3 cm³/mol. The zero-order valence-electron chi connectivity index (χ0n) is 13.8. The molecule has 3 rings (SSSR count). The van der Waals surface area contributed by atoms with Crippen LogP contribution in [-0.4, -0.2) is 23.3 Å². The van der Waals surface area contributed by atoms with Gasteiger partial charge in [-0.1, -0.05) is 24.3 Å². The molecule has 0 unspecified atom stereocenters. The van der Waals surface area contributed by atoms with Crippen molar-refractivity contribution in [2.24, 2.45) is 0 Å². The molecular formula is C19H17F3N2O2. The van der Waals surface area contributed by atoms with Crippen LogP contribution in [0.4, 0.5) is 18.9 Å². The molecule has 1 heterocycles. The van der Waals surface area contributed by atoms with Crippen molar-refractivity contribution < 1.29 is 22.8 Å². The highest BCUT2D eigenvalue weighted by Crippen LogP contribution is 2.29. The van der Waals surface area contributed by atoms with Crippen molar-refractivity contribution in [1.82, 2.24) is 4.90 Å². The summed E-state index contributed by atoms with van der Waals surface area (Å²) in [6, 6.07) is 12.0. The van der Waals surface area contributed by atoms with Crippen LogP contribution < -0.4 is 5.32 Å². The molecule has 0 radical (unpaired) electrons. The maximum absolute atomic E-state index is 12.5. The summed E-state index contributed by atoms with van der Waals surface area (Å²) in [7, 11) is 0. The summed E-state index contributed by atoms with van der Waals surface area (Å²) in [5.74, 6) is -0.850. The van der Waals surface area contributed by atoms with Crippen LogP contribution in [0.2, 0.25) is 0 Å². The van der Waals surface area contributed by atoms with Crippen LogP contribution in [-0.2, 0) is 28.7 Å². The first-order chi connectivity index (χ1) is 12.3. The van der Waals surface area contributed by atoms with Crippen molar-refractivity contribution in [2.75, 3.05) is 11.9 Å². The molecule has 2 aromatic rings. The van der Waals surface area contributed by atoms with Crippen LogP contribution in [0.5, 0.6) is 0 Å². The van der Waals surface area contributed by atoms with Gasteiger partial charge in [0.2, 0.25) is 11.8 Å². The number of fused-ring (bicyclic) bond motifs is 1. The molecule has 26 heavy (non-hydrogen) atoms. The first kappa shape index (κ1) is 18.0. The van der Waals surface area contributed by atoms with E-state index in [1.165, 1.54) is 17.7 Å². The van der Waals surface area contributed by atoms with E-state index in [1.807, 2.05) is 24.3 Å². The number of halogens is 3. The van der Waals surface area contributed by atoms with Gasteiger partial charge in [0.05, 0.1) is 5.56 Å². The zero-order valence-corrected chi connectivity index (χ0v) is 13.8. The molecule has 0 spiro atoms. The fourth-order valence-electron chi connectivity index (χ4n) is 2.91. The van der Waals surface area contributed by atoms with Gasteiger partial charge >= 0.3 is 6.18 Å². The average Bonchev–Trinajstić information content (AvgIpc) is 2.61. The Balaban J connectivity index is 1.56. The molecular weight excluding hydrogens is 345 g/mol. The van der Waals surface area contributed by atoms with Crippen molar-refractivity contribution in [3.05, 3.63) is 65.2 Å². The van der Waals surface area contributed by atoms with Crippen LogP contribution in [0.1, 0.15) is 23.1 Å². The number of nitrogens with zero attached hydrogens (tertiary/aromatic N) is 1. The molecule has 136 valence electrons. The third-order valence-electron chi connectivity index (χ3n) is 4.29. The van der Waals surface area contributed by atoms with E-state index < -0.39 is 17.6 Å².